The zero-order valence-electron chi connectivity index (χ0n) is 15.1. The molecule has 6 heteroatoms. The molecule has 0 saturated heterocycles. The normalized spacial score (nSPS) is 14.6. The largest absolute Gasteiger partial charge is 0.488 e. The lowest BCUT2D eigenvalue weighted by Gasteiger charge is -2.11. The van der Waals surface area contributed by atoms with Gasteiger partial charge < -0.3 is 9.47 Å². The van der Waals surface area contributed by atoms with Crippen LogP contribution in [0.3, 0.4) is 0 Å². The molecular weight excluding hydrogens is 454 g/mol. The van der Waals surface area contributed by atoms with Crippen molar-refractivity contribution in [3.63, 3.8) is 0 Å². The predicted molar refractivity (Wildman–Crippen MR) is 117 cm³/mol. The fraction of sp³-hybridized carbons (Fsp3) is 0.0435. The van der Waals surface area contributed by atoms with Gasteiger partial charge in [-0.15, -0.1) is 0 Å². The minimum atomic E-state index is -0.499. The Bertz CT molecular complexity index is 1130. The van der Waals surface area contributed by atoms with E-state index in [0.717, 1.165) is 15.6 Å². The molecule has 4 rings (SSSR count). The van der Waals surface area contributed by atoms with Crippen LogP contribution in [0.2, 0.25) is 5.02 Å². The summed E-state index contributed by atoms with van der Waals surface area (Å²) in [7, 11) is 0. The first-order valence-electron chi connectivity index (χ1n) is 8.84. The lowest BCUT2D eigenvalue weighted by molar-refractivity contribution is -0.129. The second-order valence-corrected chi connectivity index (χ2v) is 7.59. The fourth-order valence-electron chi connectivity index (χ4n) is 2.80. The average molecular weight is 469 g/mol. The Morgan fingerprint density at radius 3 is 2.59 bits per heavy atom. The molecule has 3 aromatic rings. The van der Waals surface area contributed by atoms with Crippen molar-refractivity contribution in [2.45, 2.75) is 6.61 Å². The van der Waals surface area contributed by atoms with E-state index in [4.69, 9.17) is 21.1 Å². The summed E-state index contributed by atoms with van der Waals surface area (Å²) in [5, 5.41) is 0.640. The third-order valence-electron chi connectivity index (χ3n) is 4.25. The molecule has 29 heavy (non-hydrogen) atoms. The molecule has 144 valence electrons. The number of aliphatic imine (C=N–C) groups is 1. The van der Waals surface area contributed by atoms with Gasteiger partial charge in [-0.2, -0.15) is 0 Å². The van der Waals surface area contributed by atoms with Crippen LogP contribution in [0.5, 0.6) is 5.75 Å². The molecule has 1 aliphatic rings. The van der Waals surface area contributed by atoms with Crippen molar-refractivity contribution in [1.82, 2.24) is 0 Å². The number of halogens is 2. The standard InChI is InChI=1S/C23H15BrClNO3/c24-18-10-11-21(28-14-16-8-4-5-9-19(16)25)17(12-18)13-20-23(27)29-22(26-20)15-6-2-1-3-7-15/h1-13H,14H2. The van der Waals surface area contributed by atoms with Gasteiger partial charge in [0, 0.05) is 26.2 Å². The second-order valence-electron chi connectivity index (χ2n) is 6.26. The van der Waals surface area contributed by atoms with E-state index >= 15 is 0 Å². The number of hydrogen-bond donors (Lipinski definition) is 0. The summed E-state index contributed by atoms with van der Waals surface area (Å²) in [5.74, 6) is 0.396. The smallest absolute Gasteiger partial charge is 0.363 e. The molecule has 0 saturated carbocycles. The van der Waals surface area contributed by atoms with Crippen LogP contribution >= 0.6 is 27.5 Å². The molecule has 0 atom stereocenters. The number of carbonyl (C=O) groups is 1. The highest BCUT2D eigenvalue weighted by molar-refractivity contribution is 9.10. The van der Waals surface area contributed by atoms with Crippen LogP contribution in [-0.2, 0) is 16.1 Å². The average Bonchev–Trinajstić information content (AvgIpc) is 3.09. The molecular formula is C23H15BrClNO3. The van der Waals surface area contributed by atoms with Gasteiger partial charge in [0.15, 0.2) is 5.70 Å². The first-order valence-corrected chi connectivity index (χ1v) is 10.0. The van der Waals surface area contributed by atoms with E-state index in [2.05, 4.69) is 20.9 Å². The molecule has 1 heterocycles. The molecule has 0 amide bonds. The minimum absolute atomic E-state index is 0.213. The van der Waals surface area contributed by atoms with Gasteiger partial charge in [-0.25, -0.2) is 9.79 Å². The molecule has 0 N–H and O–H groups in total. The molecule has 0 aromatic heterocycles. The molecule has 4 nitrogen and oxygen atoms in total. The molecule has 0 bridgehead atoms. The maximum absolute atomic E-state index is 12.3. The zero-order chi connectivity index (χ0) is 20.2. The van der Waals surface area contributed by atoms with Crippen LogP contribution in [0.4, 0.5) is 0 Å². The maximum Gasteiger partial charge on any atom is 0.363 e. The quantitative estimate of drug-likeness (QED) is 0.339. The Kier molecular flexibility index (Phi) is 5.79. The number of cyclic esters (lactones) is 1. The number of esters is 1. The van der Waals surface area contributed by atoms with Gasteiger partial charge in [-0.1, -0.05) is 63.9 Å². The first-order chi connectivity index (χ1) is 14.1. The Balaban J connectivity index is 1.63. The van der Waals surface area contributed by atoms with Gasteiger partial charge in [0.05, 0.1) is 0 Å². The molecule has 1 aliphatic heterocycles. The summed E-state index contributed by atoms with van der Waals surface area (Å²) in [5.41, 5.74) is 2.54. The van der Waals surface area contributed by atoms with Crippen LogP contribution in [0.1, 0.15) is 16.7 Å². The first kappa shape index (κ1) is 19.4. The highest BCUT2D eigenvalue weighted by Crippen LogP contribution is 2.29. The number of benzene rings is 3. The van der Waals surface area contributed by atoms with E-state index < -0.39 is 5.97 Å². The minimum Gasteiger partial charge on any atom is -0.488 e. The predicted octanol–water partition coefficient (Wildman–Crippen LogP) is 6.03. The fourth-order valence-corrected chi connectivity index (χ4v) is 3.36. The van der Waals surface area contributed by atoms with Crippen molar-refractivity contribution >= 4 is 45.5 Å². The number of rotatable bonds is 5. The summed E-state index contributed by atoms with van der Waals surface area (Å²) in [6.07, 6.45) is 1.66. The Hall–Kier alpha value is -2.89. The highest BCUT2D eigenvalue weighted by Gasteiger charge is 2.24. The monoisotopic (exact) mass is 467 g/mol. The SMILES string of the molecule is O=C1OC(c2ccccc2)=NC1=Cc1cc(Br)ccc1OCc1ccccc1Cl. The summed E-state index contributed by atoms with van der Waals surface area (Å²) < 4.78 is 12.1. The van der Waals surface area contributed by atoms with Crippen molar-refractivity contribution in [3.05, 3.63) is 105 Å². The summed E-state index contributed by atoms with van der Waals surface area (Å²) in [6.45, 7) is 0.306. The van der Waals surface area contributed by atoms with E-state index in [1.807, 2.05) is 72.8 Å². The molecule has 0 aliphatic carbocycles. The topological polar surface area (TPSA) is 47.9 Å². The van der Waals surface area contributed by atoms with Crippen LogP contribution < -0.4 is 4.74 Å². The van der Waals surface area contributed by atoms with Gasteiger partial charge in [-0.3, -0.25) is 0 Å². The third kappa shape index (κ3) is 4.58. The van der Waals surface area contributed by atoms with E-state index in [1.54, 1.807) is 6.08 Å². The molecule has 3 aromatic carbocycles. The van der Waals surface area contributed by atoms with Crippen molar-refractivity contribution in [2.75, 3.05) is 0 Å². The van der Waals surface area contributed by atoms with Gasteiger partial charge in [0.2, 0.25) is 5.90 Å². The van der Waals surface area contributed by atoms with Crippen LogP contribution in [0, 0.1) is 0 Å². The molecule has 0 spiro atoms. The lowest BCUT2D eigenvalue weighted by Crippen LogP contribution is -2.05. The Morgan fingerprint density at radius 1 is 1.03 bits per heavy atom. The molecule has 0 unspecified atom stereocenters. The van der Waals surface area contributed by atoms with Crippen LogP contribution in [-0.4, -0.2) is 11.9 Å². The van der Waals surface area contributed by atoms with Crippen molar-refractivity contribution in [3.8, 4) is 5.75 Å². The van der Waals surface area contributed by atoms with Gasteiger partial charge in [0.25, 0.3) is 0 Å². The molecule has 0 radical (unpaired) electrons. The summed E-state index contributed by atoms with van der Waals surface area (Å²) >= 11 is 9.67. The van der Waals surface area contributed by atoms with E-state index in [1.165, 1.54) is 0 Å². The molecule has 0 fully saturated rings. The van der Waals surface area contributed by atoms with Crippen molar-refractivity contribution in [2.24, 2.45) is 4.99 Å². The highest BCUT2D eigenvalue weighted by atomic mass is 79.9. The number of ether oxygens (including phenoxy) is 2. The van der Waals surface area contributed by atoms with E-state index in [9.17, 15) is 4.79 Å². The van der Waals surface area contributed by atoms with E-state index in [-0.39, 0.29) is 11.6 Å². The summed E-state index contributed by atoms with van der Waals surface area (Å²) in [6, 6.07) is 22.4. The van der Waals surface area contributed by atoms with Gasteiger partial charge in [0.1, 0.15) is 12.4 Å². The Morgan fingerprint density at radius 2 is 1.79 bits per heavy atom. The number of hydrogen-bond acceptors (Lipinski definition) is 4. The number of carbonyl (C=O) groups excluding carboxylic acids is 1. The van der Waals surface area contributed by atoms with Gasteiger partial charge in [-0.05, 0) is 42.5 Å². The number of nitrogens with zero attached hydrogens (tertiary/aromatic N) is 1. The van der Waals surface area contributed by atoms with Crippen molar-refractivity contribution < 1.29 is 14.3 Å². The van der Waals surface area contributed by atoms with Crippen LogP contribution in [0.15, 0.2) is 88.0 Å². The summed E-state index contributed by atoms with van der Waals surface area (Å²) in [4.78, 5) is 16.7. The lowest BCUT2D eigenvalue weighted by atomic mass is 10.1. The second kappa shape index (κ2) is 8.64. The Labute approximate surface area is 181 Å². The van der Waals surface area contributed by atoms with Crippen molar-refractivity contribution in [1.29, 1.82) is 0 Å². The van der Waals surface area contributed by atoms with Gasteiger partial charge >= 0.3 is 5.97 Å². The van der Waals surface area contributed by atoms with Crippen LogP contribution in [0.25, 0.3) is 6.08 Å². The maximum atomic E-state index is 12.3. The van der Waals surface area contributed by atoms with E-state index in [0.29, 0.717) is 22.9 Å². The third-order valence-corrected chi connectivity index (χ3v) is 5.11. The zero-order valence-corrected chi connectivity index (χ0v) is 17.5.